The number of anilines is 1. The van der Waals surface area contributed by atoms with Gasteiger partial charge >= 0.3 is 6.61 Å². The highest BCUT2D eigenvalue weighted by molar-refractivity contribution is 6.07. The molecule has 0 fully saturated rings. The number of nitrogens with zero attached hydrogens (tertiary/aromatic N) is 1. The summed E-state index contributed by atoms with van der Waals surface area (Å²) in [5.74, 6) is -0.289. The van der Waals surface area contributed by atoms with Gasteiger partial charge in [-0.25, -0.2) is 0 Å². The van der Waals surface area contributed by atoms with Gasteiger partial charge in [-0.05, 0) is 48.0 Å². The summed E-state index contributed by atoms with van der Waals surface area (Å²) in [6, 6.07) is 17.8. The molecule has 1 amide bonds. The molecule has 0 aliphatic rings. The first kappa shape index (κ1) is 18.6. The van der Waals surface area contributed by atoms with Crippen molar-refractivity contribution >= 4 is 22.4 Å². The number of fused-ring (bicyclic) bond motifs is 1. The SMILES string of the molecule is CCN(C(=O)c1ccc(OC(F)F)c(OC)c1)c1ccc2ccccc2c1. The highest BCUT2D eigenvalue weighted by Crippen LogP contribution is 2.31. The monoisotopic (exact) mass is 371 g/mol. The molecule has 0 aliphatic carbocycles. The number of ether oxygens (including phenoxy) is 2. The van der Waals surface area contributed by atoms with E-state index in [0.29, 0.717) is 12.1 Å². The van der Waals surface area contributed by atoms with Gasteiger partial charge in [-0.3, -0.25) is 4.79 Å². The van der Waals surface area contributed by atoms with E-state index in [1.54, 1.807) is 4.90 Å². The summed E-state index contributed by atoms with van der Waals surface area (Å²) in [6.45, 7) is -0.641. The Morgan fingerprint density at radius 3 is 2.41 bits per heavy atom. The molecule has 6 heteroatoms. The lowest BCUT2D eigenvalue weighted by Gasteiger charge is -2.22. The van der Waals surface area contributed by atoms with Gasteiger partial charge in [0.05, 0.1) is 7.11 Å². The van der Waals surface area contributed by atoms with E-state index in [1.807, 2.05) is 49.4 Å². The number of carbonyl (C=O) groups excluding carboxylic acids is 1. The van der Waals surface area contributed by atoms with Gasteiger partial charge in [0.1, 0.15) is 0 Å². The van der Waals surface area contributed by atoms with Crippen LogP contribution < -0.4 is 14.4 Å². The van der Waals surface area contributed by atoms with Gasteiger partial charge in [-0.15, -0.1) is 0 Å². The normalized spacial score (nSPS) is 10.9. The zero-order chi connectivity index (χ0) is 19.4. The van der Waals surface area contributed by atoms with Gasteiger partial charge in [0.25, 0.3) is 5.91 Å². The van der Waals surface area contributed by atoms with E-state index >= 15 is 0 Å². The fraction of sp³-hybridized carbons (Fsp3) is 0.190. The van der Waals surface area contributed by atoms with Crippen molar-refractivity contribution in [2.24, 2.45) is 0 Å². The Balaban J connectivity index is 1.94. The quantitative estimate of drug-likeness (QED) is 0.604. The van der Waals surface area contributed by atoms with Crippen molar-refractivity contribution in [1.82, 2.24) is 0 Å². The zero-order valence-electron chi connectivity index (χ0n) is 15.0. The van der Waals surface area contributed by atoms with Crippen LogP contribution in [0.1, 0.15) is 17.3 Å². The summed E-state index contributed by atoms with van der Waals surface area (Å²) in [7, 11) is 1.34. The van der Waals surface area contributed by atoms with Crippen molar-refractivity contribution in [3.63, 3.8) is 0 Å². The lowest BCUT2D eigenvalue weighted by Crippen LogP contribution is -2.30. The second-order valence-corrected chi connectivity index (χ2v) is 5.83. The van der Waals surface area contributed by atoms with E-state index in [0.717, 1.165) is 16.5 Å². The van der Waals surface area contributed by atoms with Crippen molar-refractivity contribution in [3.8, 4) is 11.5 Å². The summed E-state index contributed by atoms with van der Waals surface area (Å²) in [4.78, 5) is 14.6. The van der Waals surface area contributed by atoms with Crippen LogP contribution in [0.2, 0.25) is 0 Å². The van der Waals surface area contributed by atoms with Crippen LogP contribution in [0.3, 0.4) is 0 Å². The molecule has 0 aromatic heterocycles. The van der Waals surface area contributed by atoms with Gasteiger partial charge in [0, 0.05) is 17.8 Å². The summed E-state index contributed by atoms with van der Waals surface area (Å²) in [6.07, 6.45) is 0. The predicted octanol–water partition coefficient (Wildman–Crippen LogP) is 5.12. The van der Waals surface area contributed by atoms with Crippen LogP contribution in [0.15, 0.2) is 60.7 Å². The molecule has 0 bridgehead atoms. The maximum atomic E-state index is 13.0. The Hall–Kier alpha value is -3.15. The molecule has 4 nitrogen and oxygen atoms in total. The standard InChI is InChI=1S/C21H19F2NO3/c1-3-24(17-10-8-14-6-4-5-7-15(14)12-17)20(25)16-9-11-18(27-21(22)23)19(13-16)26-2/h4-13,21H,3H2,1-2H3. The summed E-state index contributed by atoms with van der Waals surface area (Å²) >= 11 is 0. The highest BCUT2D eigenvalue weighted by atomic mass is 19.3. The minimum absolute atomic E-state index is 0.0794. The lowest BCUT2D eigenvalue weighted by atomic mass is 10.1. The molecule has 0 N–H and O–H groups in total. The van der Waals surface area contributed by atoms with Crippen molar-refractivity contribution in [2.75, 3.05) is 18.6 Å². The molecule has 0 unspecified atom stereocenters. The molecule has 27 heavy (non-hydrogen) atoms. The van der Waals surface area contributed by atoms with Gasteiger partial charge in [0.15, 0.2) is 11.5 Å². The molecule has 140 valence electrons. The van der Waals surface area contributed by atoms with Crippen LogP contribution in [0.5, 0.6) is 11.5 Å². The molecule has 3 aromatic carbocycles. The van der Waals surface area contributed by atoms with Crippen molar-refractivity contribution in [3.05, 3.63) is 66.2 Å². The molecule has 3 aromatic rings. The van der Waals surface area contributed by atoms with E-state index in [4.69, 9.17) is 4.74 Å². The Labute approximate surface area is 155 Å². The molecule has 0 saturated carbocycles. The minimum atomic E-state index is -2.97. The van der Waals surface area contributed by atoms with E-state index in [9.17, 15) is 13.6 Å². The lowest BCUT2D eigenvalue weighted by molar-refractivity contribution is -0.0512. The molecule has 3 rings (SSSR count). The summed E-state index contributed by atoms with van der Waals surface area (Å²) < 4.78 is 34.4. The topological polar surface area (TPSA) is 38.8 Å². The first-order valence-corrected chi connectivity index (χ1v) is 8.47. The van der Waals surface area contributed by atoms with Gasteiger partial charge in [-0.1, -0.05) is 30.3 Å². The van der Waals surface area contributed by atoms with Gasteiger partial charge < -0.3 is 14.4 Å². The third kappa shape index (κ3) is 4.00. The maximum absolute atomic E-state index is 13.0. The van der Waals surface area contributed by atoms with Crippen molar-refractivity contribution in [2.45, 2.75) is 13.5 Å². The van der Waals surface area contributed by atoms with Crippen molar-refractivity contribution in [1.29, 1.82) is 0 Å². The maximum Gasteiger partial charge on any atom is 0.387 e. The largest absolute Gasteiger partial charge is 0.493 e. The average molecular weight is 371 g/mol. The van der Waals surface area contributed by atoms with E-state index in [-0.39, 0.29) is 17.4 Å². The molecule has 0 heterocycles. The van der Waals surface area contributed by atoms with Crippen LogP contribution in [0.4, 0.5) is 14.5 Å². The van der Waals surface area contributed by atoms with Crippen LogP contribution in [0, 0.1) is 0 Å². The molecular weight excluding hydrogens is 352 g/mol. The highest BCUT2D eigenvalue weighted by Gasteiger charge is 2.19. The second-order valence-electron chi connectivity index (χ2n) is 5.83. The molecular formula is C21H19F2NO3. The number of hydrogen-bond donors (Lipinski definition) is 0. The molecule has 0 aliphatic heterocycles. The van der Waals surface area contributed by atoms with Crippen LogP contribution in [-0.4, -0.2) is 26.2 Å². The molecule has 0 radical (unpaired) electrons. The zero-order valence-corrected chi connectivity index (χ0v) is 15.0. The first-order valence-electron chi connectivity index (χ1n) is 8.47. The van der Waals surface area contributed by atoms with Gasteiger partial charge in [-0.2, -0.15) is 8.78 Å². The van der Waals surface area contributed by atoms with E-state index < -0.39 is 6.61 Å². The predicted molar refractivity (Wildman–Crippen MR) is 101 cm³/mol. The van der Waals surface area contributed by atoms with E-state index in [1.165, 1.54) is 25.3 Å². The first-order chi connectivity index (χ1) is 13.0. The van der Waals surface area contributed by atoms with E-state index in [2.05, 4.69) is 4.74 Å². The summed E-state index contributed by atoms with van der Waals surface area (Å²) in [5.41, 5.74) is 1.08. The number of halogens is 2. The Morgan fingerprint density at radius 1 is 1.00 bits per heavy atom. The fourth-order valence-electron chi connectivity index (χ4n) is 2.94. The Bertz CT molecular complexity index is 959. The number of carbonyl (C=O) groups is 1. The number of methoxy groups -OCH3 is 1. The average Bonchev–Trinajstić information content (AvgIpc) is 2.68. The number of rotatable bonds is 6. The third-order valence-electron chi connectivity index (χ3n) is 4.23. The fourth-order valence-corrected chi connectivity index (χ4v) is 2.94. The second kappa shape index (κ2) is 8.03. The third-order valence-corrected chi connectivity index (χ3v) is 4.23. The minimum Gasteiger partial charge on any atom is -0.493 e. The number of alkyl halides is 2. The smallest absolute Gasteiger partial charge is 0.387 e. The number of hydrogen-bond acceptors (Lipinski definition) is 3. The van der Waals surface area contributed by atoms with Crippen LogP contribution >= 0.6 is 0 Å². The van der Waals surface area contributed by atoms with Crippen molar-refractivity contribution < 1.29 is 23.0 Å². The summed E-state index contributed by atoms with van der Waals surface area (Å²) in [5, 5.41) is 2.11. The van der Waals surface area contributed by atoms with Gasteiger partial charge in [0.2, 0.25) is 0 Å². The molecule has 0 saturated heterocycles. The Kier molecular flexibility index (Phi) is 5.54. The molecule has 0 spiro atoms. The molecule has 0 atom stereocenters. The number of amides is 1. The Morgan fingerprint density at radius 2 is 1.74 bits per heavy atom. The van der Waals surface area contributed by atoms with Crippen LogP contribution in [-0.2, 0) is 0 Å². The number of benzene rings is 3. The van der Waals surface area contributed by atoms with Crippen LogP contribution in [0.25, 0.3) is 10.8 Å².